The van der Waals surface area contributed by atoms with Crippen molar-refractivity contribution in [1.82, 2.24) is 4.31 Å². The molecule has 0 heterocycles. The van der Waals surface area contributed by atoms with E-state index >= 15 is 0 Å². The summed E-state index contributed by atoms with van der Waals surface area (Å²) >= 11 is 0. The van der Waals surface area contributed by atoms with Crippen LogP contribution in [0.25, 0.3) is 0 Å². The second-order valence-electron chi connectivity index (χ2n) is 3.89. The predicted octanol–water partition coefficient (Wildman–Crippen LogP) is 1.92. The van der Waals surface area contributed by atoms with Crippen molar-refractivity contribution < 1.29 is 8.42 Å². The zero-order valence-electron chi connectivity index (χ0n) is 10.2. The lowest BCUT2D eigenvalue weighted by atomic mass is 10.2. The van der Waals surface area contributed by atoms with Crippen molar-refractivity contribution in [3.63, 3.8) is 0 Å². The highest BCUT2D eigenvalue weighted by Gasteiger charge is 2.26. The maximum atomic E-state index is 12.2. The van der Waals surface area contributed by atoms with Crippen LogP contribution in [0, 0.1) is 18.3 Å². The van der Waals surface area contributed by atoms with E-state index in [9.17, 15) is 8.42 Å². The van der Waals surface area contributed by atoms with Crippen molar-refractivity contribution in [3.8, 4) is 6.07 Å². The Balaban J connectivity index is 3.12. The molecule has 0 amide bonds. The molecule has 0 aliphatic heterocycles. The molecule has 1 aromatic carbocycles. The lowest BCUT2D eigenvalue weighted by Crippen LogP contribution is -2.35. The van der Waals surface area contributed by atoms with Gasteiger partial charge in [-0.1, -0.05) is 24.6 Å². The van der Waals surface area contributed by atoms with Gasteiger partial charge in [0, 0.05) is 7.05 Å². The molecule has 0 aromatic heterocycles. The number of rotatable bonds is 4. The Morgan fingerprint density at radius 1 is 1.35 bits per heavy atom. The second-order valence-corrected chi connectivity index (χ2v) is 5.88. The molecule has 0 bridgehead atoms. The van der Waals surface area contributed by atoms with Crippen molar-refractivity contribution in [2.45, 2.75) is 31.2 Å². The summed E-state index contributed by atoms with van der Waals surface area (Å²) in [6.45, 7) is 3.68. The molecule has 92 valence electrons. The average Bonchev–Trinajstić information content (AvgIpc) is 2.31. The van der Waals surface area contributed by atoms with Crippen molar-refractivity contribution in [1.29, 1.82) is 5.26 Å². The van der Waals surface area contributed by atoms with Gasteiger partial charge in [0.25, 0.3) is 0 Å². The van der Waals surface area contributed by atoms with Gasteiger partial charge in [-0.2, -0.15) is 9.57 Å². The third kappa shape index (κ3) is 2.84. The fourth-order valence-electron chi connectivity index (χ4n) is 1.47. The molecule has 17 heavy (non-hydrogen) atoms. The van der Waals surface area contributed by atoms with Gasteiger partial charge in [0.2, 0.25) is 10.0 Å². The first-order valence-corrected chi connectivity index (χ1v) is 6.81. The number of benzene rings is 1. The Hall–Kier alpha value is -1.38. The molecular formula is C12H16N2O2S. The topological polar surface area (TPSA) is 61.2 Å². The molecule has 0 saturated carbocycles. The highest BCUT2D eigenvalue weighted by atomic mass is 32.2. The van der Waals surface area contributed by atoms with E-state index in [0.29, 0.717) is 6.42 Å². The van der Waals surface area contributed by atoms with Gasteiger partial charge < -0.3 is 0 Å². The summed E-state index contributed by atoms with van der Waals surface area (Å²) in [5.74, 6) is 0. The number of nitrogens with zero attached hydrogens (tertiary/aromatic N) is 2. The first-order chi connectivity index (χ1) is 7.93. The summed E-state index contributed by atoms with van der Waals surface area (Å²) < 4.78 is 25.5. The molecule has 0 aliphatic carbocycles. The highest BCUT2D eigenvalue weighted by Crippen LogP contribution is 2.17. The molecular weight excluding hydrogens is 236 g/mol. The monoisotopic (exact) mass is 252 g/mol. The molecule has 0 N–H and O–H groups in total. The highest BCUT2D eigenvalue weighted by molar-refractivity contribution is 7.89. The van der Waals surface area contributed by atoms with Crippen molar-refractivity contribution in [3.05, 3.63) is 29.8 Å². The Bertz CT molecular complexity index is 514. The normalized spacial score (nSPS) is 13.4. The number of hydrogen-bond acceptors (Lipinski definition) is 3. The summed E-state index contributed by atoms with van der Waals surface area (Å²) in [5, 5.41) is 8.89. The summed E-state index contributed by atoms with van der Waals surface area (Å²) in [4.78, 5) is 0.222. The van der Waals surface area contributed by atoms with Crippen LogP contribution in [0.15, 0.2) is 29.2 Å². The van der Waals surface area contributed by atoms with Gasteiger partial charge in [-0.25, -0.2) is 8.42 Å². The van der Waals surface area contributed by atoms with E-state index in [-0.39, 0.29) is 4.90 Å². The van der Waals surface area contributed by atoms with Gasteiger partial charge in [-0.05, 0) is 25.5 Å². The third-order valence-corrected chi connectivity index (χ3v) is 4.55. The van der Waals surface area contributed by atoms with Crippen molar-refractivity contribution in [2.24, 2.45) is 0 Å². The summed E-state index contributed by atoms with van der Waals surface area (Å²) in [5.41, 5.74) is 0.999. The van der Waals surface area contributed by atoms with E-state index in [1.54, 1.807) is 31.2 Å². The van der Waals surface area contributed by atoms with Crippen LogP contribution >= 0.6 is 0 Å². The van der Waals surface area contributed by atoms with Gasteiger partial charge in [0.15, 0.2) is 0 Å². The first kappa shape index (κ1) is 13.7. The summed E-state index contributed by atoms with van der Waals surface area (Å²) in [6.07, 6.45) is 0.470. The molecule has 0 fully saturated rings. The Morgan fingerprint density at radius 3 is 2.29 bits per heavy atom. The number of hydrogen-bond donors (Lipinski definition) is 0. The molecule has 1 rings (SSSR count). The van der Waals surface area contributed by atoms with Gasteiger partial charge in [0.05, 0.1) is 11.0 Å². The van der Waals surface area contributed by atoms with Gasteiger partial charge in [-0.3, -0.25) is 0 Å². The van der Waals surface area contributed by atoms with E-state index in [4.69, 9.17) is 5.26 Å². The van der Waals surface area contributed by atoms with Gasteiger partial charge in [0.1, 0.15) is 6.04 Å². The molecule has 0 spiro atoms. The Morgan fingerprint density at radius 2 is 1.88 bits per heavy atom. The quantitative estimate of drug-likeness (QED) is 0.822. The first-order valence-electron chi connectivity index (χ1n) is 5.37. The molecule has 4 nitrogen and oxygen atoms in total. The van der Waals surface area contributed by atoms with Crippen LogP contribution in [0.5, 0.6) is 0 Å². The summed E-state index contributed by atoms with van der Waals surface area (Å²) in [7, 11) is -2.13. The Labute approximate surface area is 103 Å². The van der Waals surface area contributed by atoms with Crippen LogP contribution in [0.3, 0.4) is 0 Å². The zero-order chi connectivity index (χ0) is 13.1. The van der Waals surface area contributed by atoms with Crippen LogP contribution < -0.4 is 0 Å². The van der Waals surface area contributed by atoms with Crippen LogP contribution in [-0.2, 0) is 10.0 Å². The van der Waals surface area contributed by atoms with Crippen molar-refractivity contribution in [2.75, 3.05) is 7.05 Å². The maximum absolute atomic E-state index is 12.2. The molecule has 1 aromatic rings. The Kier molecular flexibility index (Phi) is 4.27. The summed E-state index contributed by atoms with van der Waals surface area (Å²) in [6, 6.07) is 7.97. The minimum absolute atomic E-state index is 0.222. The minimum atomic E-state index is -3.57. The molecule has 0 aliphatic rings. The maximum Gasteiger partial charge on any atom is 0.244 e. The van der Waals surface area contributed by atoms with Gasteiger partial charge >= 0.3 is 0 Å². The van der Waals surface area contributed by atoms with E-state index in [1.807, 2.05) is 13.0 Å². The van der Waals surface area contributed by atoms with E-state index in [0.717, 1.165) is 9.87 Å². The van der Waals surface area contributed by atoms with E-state index < -0.39 is 16.1 Å². The predicted molar refractivity (Wildman–Crippen MR) is 65.8 cm³/mol. The van der Waals surface area contributed by atoms with Crippen LogP contribution in [-0.4, -0.2) is 25.8 Å². The van der Waals surface area contributed by atoms with E-state index in [2.05, 4.69) is 0 Å². The van der Waals surface area contributed by atoms with E-state index in [1.165, 1.54) is 7.05 Å². The lowest BCUT2D eigenvalue weighted by molar-refractivity contribution is 0.415. The largest absolute Gasteiger partial charge is 0.244 e. The number of sulfonamides is 1. The average molecular weight is 252 g/mol. The lowest BCUT2D eigenvalue weighted by Gasteiger charge is -2.21. The zero-order valence-corrected chi connectivity index (χ0v) is 11.0. The molecule has 5 heteroatoms. The second kappa shape index (κ2) is 5.30. The van der Waals surface area contributed by atoms with Crippen LogP contribution in [0.1, 0.15) is 18.9 Å². The third-order valence-electron chi connectivity index (χ3n) is 2.67. The fourth-order valence-corrected chi connectivity index (χ4v) is 2.82. The van der Waals surface area contributed by atoms with Gasteiger partial charge in [-0.15, -0.1) is 0 Å². The fraction of sp³-hybridized carbons (Fsp3) is 0.417. The SMILES string of the molecule is CC[C@H](C#N)N(C)S(=O)(=O)c1ccc(C)cc1. The number of nitriles is 1. The number of aryl methyl sites for hydroxylation is 1. The minimum Gasteiger partial charge on any atom is -0.207 e. The van der Waals surface area contributed by atoms with Crippen LogP contribution in [0.2, 0.25) is 0 Å². The smallest absolute Gasteiger partial charge is 0.207 e. The molecule has 0 radical (unpaired) electrons. The van der Waals surface area contributed by atoms with Crippen LogP contribution in [0.4, 0.5) is 0 Å². The molecule has 0 saturated heterocycles. The molecule has 1 atom stereocenters. The van der Waals surface area contributed by atoms with Crippen molar-refractivity contribution >= 4 is 10.0 Å². The molecule has 0 unspecified atom stereocenters. The standard InChI is InChI=1S/C12H16N2O2S/c1-4-11(9-13)14(3)17(15,16)12-7-5-10(2)6-8-12/h5-8,11H,4H2,1-3H3/t11-/m1/s1.